The number of benzene rings is 1. The lowest BCUT2D eigenvalue weighted by molar-refractivity contribution is -0.129. The molecule has 1 aromatic carbocycles. The minimum Gasteiger partial charge on any atom is -0.383 e. The highest BCUT2D eigenvalue weighted by Gasteiger charge is 2.22. The number of piperidine rings is 1. The van der Waals surface area contributed by atoms with Gasteiger partial charge in [0.2, 0.25) is 5.91 Å². The number of aromatic nitrogens is 3. The van der Waals surface area contributed by atoms with Crippen molar-refractivity contribution in [1.82, 2.24) is 19.7 Å². The third-order valence-electron chi connectivity index (χ3n) is 4.97. The Kier molecular flexibility index (Phi) is 6.90. The molecule has 6 nitrogen and oxygen atoms in total. The van der Waals surface area contributed by atoms with Gasteiger partial charge in [-0.2, -0.15) is 0 Å². The summed E-state index contributed by atoms with van der Waals surface area (Å²) in [6.07, 6.45) is 2.19. The predicted octanol–water partition coefficient (Wildman–Crippen LogP) is 3.25. The second-order valence-electron chi connectivity index (χ2n) is 7.17. The lowest BCUT2D eigenvalue weighted by Gasteiger charge is -2.30. The summed E-state index contributed by atoms with van der Waals surface area (Å²) in [5.74, 6) is 2.12. The van der Waals surface area contributed by atoms with Crippen LogP contribution in [-0.4, -0.2) is 58.1 Å². The standard InChI is InChI=1S/C20H28N4O2S/c1-15-7-9-23(10-8-15)18(25)14-27-20-22-21-19(24(20)11-12-26-3)17-6-4-5-16(2)13-17/h4-6,13,15H,7-12,14H2,1-3H3. The van der Waals surface area contributed by atoms with Crippen molar-refractivity contribution in [2.45, 2.75) is 38.4 Å². The molecule has 2 heterocycles. The Balaban J connectivity index is 1.72. The van der Waals surface area contributed by atoms with E-state index >= 15 is 0 Å². The zero-order valence-electron chi connectivity index (χ0n) is 16.4. The molecule has 0 saturated carbocycles. The second kappa shape index (κ2) is 9.37. The van der Waals surface area contributed by atoms with Crippen LogP contribution in [0.1, 0.15) is 25.3 Å². The van der Waals surface area contributed by atoms with Gasteiger partial charge in [-0.1, -0.05) is 42.4 Å². The number of nitrogens with zero attached hydrogens (tertiary/aromatic N) is 4. The SMILES string of the molecule is COCCn1c(SCC(=O)N2CCC(C)CC2)nnc1-c1cccc(C)c1. The van der Waals surface area contributed by atoms with Crippen molar-refractivity contribution in [3.63, 3.8) is 0 Å². The highest BCUT2D eigenvalue weighted by atomic mass is 32.2. The van der Waals surface area contributed by atoms with Crippen LogP contribution in [0, 0.1) is 12.8 Å². The van der Waals surface area contributed by atoms with E-state index in [9.17, 15) is 4.79 Å². The van der Waals surface area contributed by atoms with Crippen LogP contribution >= 0.6 is 11.8 Å². The van der Waals surface area contributed by atoms with Crippen molar-refractivity contribution < 1.29 is 9.53 Å². The Labute approximate surface area is 165 Å². The molecule has 1 aromatic heterocycles. The van der Waals surface area contributed by atoms with Crippen LogP contribution in [0.3, 0.4) is 0 Å². The zero-order chi connectivity index (χ0) is 19.2. The van der Waals surface area contributed by atoms with Crippen LogP contribution in [0.15, 0.2) is 29.4 Å². The van der Waals surface area contributed by atoms with E-state index in [-0.39, 0.29) is 5.91 Å². The molecule has 0 bridgehead atoms. The molecule has 3 rings (SSSR count). The van der Waals surface area contributed by atoms with Crippen molar-refractivity contribution >= 4 is 17.7 Å². The molecule has 0 aliphatic carbocycles. The largest absolute Gasteiger partial charge is 0.383 e. The van der Waals surface area contributed by atoms with Crippen molar-refractivity contribution in [2.24, 2.45) is 5.92 Å². The lowest BCUT2D eigenvalue weighted by Crippen LogP contribution is -2.38. The Hall–Kier alpha value is -1.86. The van der Waals surface area contributed by atoms with Gasteiger partial charge in [-0.05, 0) is 31.7 Å². The summed E-state index contributed by atoms with van der Waals surface area (Å²) in [6, 6.07) is 8.22. The molecule has 1 amide bonds. The van der Waals surface area contributed by atoms with Gasteiger partial charge in [-0.3, -0.25) is 9.36 Å². The first-order valence-electron chi connectivity index (χ1n) is 9.48. The summed E-state index contributed by atoms with van der Waals surface area (Å²) < 4.78 is 7.30. The summed E-state index contributed by atoms with van der Waals surface area (Å²) in [5.41, 5.74) is 2.21. The van der Waals surface area contributed by atoms with Crippen molar-refractivity contribution in [3.05, 3.63) is 29.8 Å². The molecular weight excluding hydrogens is 360 g/mol. The normalized spacial score (nSPS) is 15.3. The summed E-state index contributed by atoms with van der Waals surface area (Å²) in [4.78, 5) is 14.5. The fraction of sp³-hybridized carbons (Fsp3) is 0.550. The Bertz CT molecular complexity index is 769. The topological polar surface area (TPSA) is 60.2 Å². The maximum atomic E-state index is 12.5. The van der Waals surface area contributed by atoms with E-state index < -0.39 is 0 Å². The molecule has 1 fully saturated rings. The van der Waals surface area contributed by atoms with E-state index in [4.69, 9.17) is 4.74 Å². The molecule has 1 aliphatic heterocycles. The summed E-state index contributed by atoms with van der Waals surface area (Å²) >= 11 is 1.46. The van der Waals surface area contributed by atoms with Gasteiger partial charge in [0.1, 0.15) is 0 Å². The van der Waals surface area contributed by atoms with Gasteiger partial charge >= 0.3 is 0 Å². The molecule has 0 spiro atoms. The van der Waals surface area contributed by atoms with E-state index in [2.05, 4.69) is 40.7 Å². The van der Waals surface area contributed by atoms with E-state index in [1.165, 1.54) is 17.3 Å². The maximum absolute atomic E-state index is 12.5. The predicted molar refractivity (Wildman–Crippen MR) is 108 cm³/mol. The number of amides is 1. The Morgan fingerprint density at radius 2 is 2.07 bits per heavy atom. The molecule has 0 atom stereocenters. The number of carbonyl (C=O) groups excluding carboxylic acids is 1. The van der Waals surface area contributed by atoms with Gasteiger partial charge in [-0.25, -0.2) is 0 Å². The van der Waals surface area contributed by atoms with E-state index in [1.807, 2.05) is 17.0 Å². The smallest absolute Gasteiger partial charge is 0.233 e. The number of ether oxygens (including phenoxy) is 1. The molecule has 146 valence electrons. The van der Waals surface area contributed by atoms with E-state index in [1.54, 1.807) is 7.11 Å². The van der Waals surface area contributed by atoms with Gasteiger partial charge in [0.25, 0.3) is 0 Å². The van der Waals surface area contributed by atoms with Crippen LogP contribution in [0.2, 0.25) is 0 Å². The van der Waals surface area contributed by atoms with E-state index in [0.29, 0.717) is 18.9 Å². The van der Waals surface area contributed by atoms with Gasteiger partial charge in [-0.15, -0.1) is 10.2 Å². The van der Waals surface area contributed by atoms with Gasteiger partial charge < -0.3 is 9.64 Å². The number of hydrogen-bond acceptors (Lipinski definition) is 5. The van der Waals surface area contributed by atoms with Crippen molar-refractivity contribution in [2.75, 3.05) is 32.6 Å². The number of likely N-dealkylation sites (tertiary alicyclic amines) is 1. The molecule has 27 heavy (non-hydrogen) atoms. The highest BCUT2D eigenvalue weighted by Crippen LogP contribution is 2.25. The minimum atomic E-state index is 0.185. The molecule has 0 radical (unpaired) electrons. The molecule has 2 aromatic rings. The Morgan fingerprint density at radius 3 is 2.78 bits per heavy atom. The first-order valence-corrected chi connectivity index (χ1v) is 10.5. The van der Waals surface area contributed by atoms with Crippen LogP contribution in [0.25, 0.3) is 11.4 Å². The first-order chi connectivity index (χ1) is 13.1. The Morgan fingerprint density at radius 1 is 1.30 bits per heavy atom. The fourth-order valence-electron chi connectivity index (χ4n) is 3.25. The summed E-state index contributed by atoms with van der Waals surface area (Å²) in [7, 11) is 1.68. The highest BCUT2D eigenvalue weighted by molar-refractivity contribution is 7.99. The average Bonchev–Trinajstić information content (AvgIpc) is 3.07. The van der Waals surface area contributed by atoms with Gasteiger partial charge in [0.15, 0.2) is 11.0 Å². The fourth-order valence-corrected chi connectivity index (χ4v) is 4.12. The molecule has 1 saturated heterocycles. The second-order valence-corrected chi connectivity index (χ2v) is 8.11. The van der Waals surface area contributed by atoms with Crippen molar-refractivity contribution in [3.8, 4) is 11.4 Å². The number of methoxy groups -OCH3 is 1. The van der Waals surface area contributed by atoms with Crippen LogP contribution in [0.5, 0.6) is 0 Å². The van der Waals surface area contributed by atoms with Crippen molar-refractivity contribution in [1.29, 1.82) is 0 Å². The van der Waals surface area contributed by atoms with Crippen LogP contribution < -0.4 is 0 Å². The van der Waals surface area contributed by atoms with Crippen LogP contribution in [0.4, 0.5) is 0 Å². The number of rotatable bonds is 7. The molecule has 0 N–H and O–H groups in total. The third-order valence-corrected chi connectivity index (χ3v) is 5.92. The maximum Gasteiger partial charge on any atom is 0.233 e. The summed E-state index contributed by atoms with van der Waals surface area (Å²) in [5, 5.41) is 9.51. The summed E-state index contributed by atoms with van der Waals surface area (Å²) in [6.45, 7) is 7.28. The molecule has 1 aliphatic rings. The van der Waals surface area contributed by atoms with Crippen LogP contribution in [-0.2, 0) is 16.1 Å². The molecule has 0 unspecified atom stereocenters. The molecular formula is C20H28N4O2S. The number of hydrogen-bond donors (Lipinski definition) is 0. The monoisotopic (exact) mass is 388 g/mol. The number of aryl methyl sites for hydroxylation is 1. The molecule has 7 heteroatoms. The van der Waals surface area contributed by atoms with Gasteiger partial charge in [0, 0.05) is 25.8 Å². The zero-order valence-corrected chi connectivity index (χ0v) is 17.2. The quantitative estimate of drug-likeness (QED) is 0.682. The number of carbonyl (C=O) groups is 1. The first kappa shape index (κ1) is 19.9. The lowest BCUT2D eigenvalue weighted by atomic mass is 9.99. The number of thioether (sulfide) groups is 1. The minimum absolute atomic E-state index is 0.185. The van der Waals surface area contributed by atoms with Gasteiger partial charge in [0.05, 0.1) is 18.9 Å². The average molecular weight is 389 g/mol. The van der Waals surface area contributed by atoms with E-state index in [0.717, 1.165) is 48.4 Å². The third kappa shape index (κ3) is 5.11.